The maximum atomic E-state index is 6.17. The van der Waals surface area contributed by atoms with Crippen LogP contribution in [-0.4, -0.2) is 6.26 Å². The molecule has 0 atom stereocenters. The molecule has 0 unspecified atom stereocenters. The van der Waals surface area contributed by atoms with Gasteiger partial charge >= 0.3 is 0 Å². The van der Waals surface area contributed by atoms with E-state index >= 15 is 0 Å². The monoisotopic (exact) mass is 375 g/mol. The fourth-order valence-electron chi connectivity index (χ4n) is 1.64. The Hall–Kier alpha value is -0.350. The molecule has 0 amide bonds. The number of halogens is 3. The molecule has 0 aliphatic heterocycles. The van der Waals surface area contributed by atoms with Crippen LogP contribution in [0.2, 0.25) is 10.0 Å². The van der Waals surface area contributed by atoms with Gasteiger partial charge in [-0.15, -0.1) is 11.8 Å². The van der Waals surface area contributed by atoms with Crippen molar-refractivity contribution in [2.24, 2.45) is 0 Å². The number of anilines is 1. The maximum absolute atomic E-state index is 6.17. The fraction of sp³-hybridized carbons (Fsp3) is 0.143. The van der Waals surface area contributed by atoms with Crippen LogP contribution in [0.3, 0.4) is 0 Å². The Kier molecular flexibility index (Phi) is 5.46. The van der Waals surface area contributed by atoms with E-state index in [1.807, 2.05) is 12.1 Å². The first-order valence-electron chi connectivity index (χ1n) is 5.61. The normalized spacial score (nSPS) is 10.5. The molecule has 2 rings (SSSR count). The molecule has 0 fully saturated rings. The van der Waals surface area contributed by atoms with E-state index in [1.165, 1.54) is 10.5 Å². The summed E-state index contributed by atoms with van der Waals surface area (Å²) in [6.45, 7) is 0.690. The van der Waals surface area contributed by atoms with Crippen LogP contribution in [-0.2, 0) is 6.54 Å². The fourth-order valence-corrected chi connectivity index (χ4v) is 3.40. The lowest BCUT2D eigenvalue weighted by atomic mass is 10.2. The van der Waals surface area contributed by atoms with E-state index in [9.17, 15) is 0 Å². The average molecular weight is 377 g/mol. The summed E-state index contributed by atoms with van der Waals surface area (Å²) in [6.07, 6.45) is 2.06. The van der Waals surface area contributed by atoms with Gasteiger partial charge in [-0.3, -0.25) is 0 Å². The van der Waals surface area contributed by atoms with Crippen molar-refractivity contribution in [1.29, 1.82) is 0 Å². The lowest BCUT2D eigenvalue weighted by Gasteiger charge is -2.11. The minimum atomic E-state index is 0.611. The van der Waals surface area contributed by atoms with Crippen LogP contribution >= 0.6 is 50.9 Å². The zero-order valence-electron chi connectivity index (χ0n) is 10.2. The van der Waals surface area contributed by atoms with Crippen molar-refractivity contribution in [2.45, 2.75) is 11.4 Å². The standard InChI is InChI=1S/C14H12BrCl2NS/c1-19-11-4-2-9(3-5-11)8-18-14-12(16)6-10(15)7-13(14)17/h2-7,18H,8H2,1H3. The highest BCUT2D eigenvalue weighted by Crippen LogP contribution is 2.34. The molecule has 0 spiro atoms. The van der Waals surface area contributed by atoms with E-state index in [1.54, 1.807) is 11.8 Å². The predicted octanol–water partition coefficient (Wildman–Crippen LogP) is 6.09. The van der Waals surface area contributed by atoms with Crippen LogP contribution in [0.15, 0.2) is 45.8 Å². The highest BCUT2D eigenvalue weighted by molar-refractivity contribution is 9.10. The van der Waals surface area contributed by atoms with Gasteiger partial charge < -0.3 is 5.32 Å². The first-order chi connectivity index (χ1) is 9.10. The Labute approximate surface area is 135 Å². The molecule has 2 aromatic rings. The van der Waals surface area contributed by atoms with Gasteiger partial charge in [-0.05, 0) is 36.1 Å². The van der Waals surface area contributed by atoms with Gasteiger partial charge in [0.25, 0.3) is 0 Å². The minimum Gasteiger partial charge on any atom is -0.379 e. The molecule has 0 aromatic heterocycles. The smallest absolute Gasteiger partial charge is 0.0722 e. The lowest BCUT2D eigenvalue weighted by molar-refractivity contribution is 1.14. The van der Waals surface area contributed by atoms with E-state index in [0.29, 0.717) is 16.6 Å². The first kappa shape index (κ1) is 15.0. The molecule has 1 nitrogen and oxygen atoms in total. The molecule has 0 aliphatic carbocycles. The molecule has 0 bridgehead atoms. The van der Waals surface area contributed by atoms with Crippen molar-refractivity contribution < 1.29 is 0 Å². The zero-order chi connectivity index (χ0) is 13.8. The van der Waals surface area contributed by atoms with Gasteiger partial charge in [-0.2, -0.15) is 0 Å². The third-order valence-electron chi connectivity index (χ3n) is 2.64. The van der Waals surface area contributed by atoms with Crippen molar-refractivity contribution in [1.82, 2.24) is 0 Å². The van der Waals surface area contributed by atoms with Crippen LogP contribution in [0.5, 0.6) is 0 Å². The molecular formula is C14H12BrCl2NS. The Morgan fingerprint density at radius 2 is 1.68 bits per heavy atom. The summed E-state index contributed by atoms with van der Waals surface area (Å²) in [7, 11) is 0. The van der Waals surface area contributed by atoms with Crippen molar-refractivity contribution in [3.63, 3.8) is 0 Å². The number of benzene rings is 2. The second-order valence-corrected chi connectivity index (χ2v) is 6.56. The molecular weight excluding hydrogens is 365 g/mol. The van der Waals surface area contributed by atoms with Crippen molar-refractivity contribution >= 4 is 56.6 Å². The third kappa shape index (κ3) is 4.06. The Morgan fingerprint density at radius 3 is 2.21 bits per heavy atom. The molecule has 0 radical (unpaired) electrons. The summed E-state index contributed by atoms with van der Waals surface area (Å²) in [5.74, 6) is 0. The number of nitrogens with one attached hydrogen (secondary N) is 1. The van der Waals surface area contributed by atoms with Gasteiger partial charge in [0.15, 0.2) is 0 Å². The predicted molar refractivity (Wildman–Crippen MR) is 89.7 cm³/mol. The van der Waals surface area contributed by atoms with Gasteiger partial charge in [0.2, 0.25) is 0 Å². The Morgan fingerprint density at radius 1 is 1.11 bits per heavy atom. The summed E-state index contributed by atoms with van der Waals surface area (Å²) in [5, 5.41) is 4.49. The van der Waals surface area contributed by atoms with Gasteiger partial charge in [0.1, 0.15) is 0 Å². The Balaban J connectivity index is 2.10. The third-order valence-corrected chi connectivity index (χ3v) is 4.43. The number of thioether (sulfide) groups is 1. The SMILES string of the molecule is CSc1ccc(CNc2c(Cl)cc(Br)cc2Cl)cc1. The summed E-state index contributed by atoms with van der Waals surface area (Å²) in [4.78, 5) is 1.25. The number of hydrogen-bond acceptors (Lipinski definition) is 2. The first-order valence-corrected chi connectivity index (χ1v) is 8.39. The molecule has 0 saturated carbocycles. The molecule has 5 heteroatoms. The summed E-state index contributed by atoms with van der Waals surface area (Å²) in [5.41, 5.74) is 1.95. The number of rotatable bonds is 4. The second kappa shape index (κ2) is 6.89. The van der Waals surface area contributed by atoms with Gasteiger partial charge in [0.05, 0.1) is 15.7 Å². The van der Waals surface area contributed by atoms with Gasteiger partial charge in [-0.25, -0.2) is 0 Å². The van der Waals surface area contributed by atoms with E-state index in [2.05, 4.69) is 51.8 Å². The van der Waals surface area contributed by atoms with E-state index < -0.39 is 0 Å². The van der Waals surface area contributed by atoms with Crippen LogP contribution in [0, 0.1) is 0 Å². The molecule has 2 aromatic carbocycles. The minimum absolute atomic E-state index is 0.611. The number of hydrogen-bond donors (Lipinski definition) is 1. The zero-order valence-corrected chi connectivity index (χ0v) is 14.1. The highest BCUT2D eigenvalue weighted by atomic mass is 79.9. The highest BCUT2D eigenvalue weighted by Gasteiger charge is 2.07. The van der Waals surface area contributed by atoms with Crippen molar-refractivity contribution in [2.75, 3.05) is 11.6 Å². The maximum Gasteiger partial charge on any atom is 0.0722 e. The molecule has 0 aliphatic rings. The van der Waals surface area contributed by atoms with Crippen LogP contribution in [0.25, 0.3) is 0 Å². The molecule has 0 heterocycles. The molecule has 0 saturated heterocycles. The lowest BCUT2D eigenvalue weighted by Crippen LogP contribution is -2.00. The van der Waals surface area contributed by atoms with E-state index in [-0.39, 0.29) is 0 Å². The molecule has 19 heavy (non-hydrogen) atoms. The molecule has 100 valence electrons. The van der Waals surface area contributed by atoms with Crippen LogP contribution in [0.4, 0.5) is 5.69 Å². The van der Waals surface area contributed by atoms with Crippen LogP contribution < -0.4 is 5.32 Å². The van der Waals surface area contributed by atoms with Crippen molar-refractivity contribution in [3.05, 3.63) is 56.5 Å². The van der Waals surface area contributed by atoms with E-state index in [0.717, 1.165) is 10.2 Å². The van der Waals surface area contributed by atoms with Crippen LogP contribution in [0.1, 0.15) is 5.56 Å². The topological polar surface area (TPSA) is 12.0 Å². The van der Waals surface area contributed by atoms with Crippen molar-refractivity contribution in [3.8, 4) is 0 Å². The average Bonchev–Trinajstić information content (AvgIpc) is 2.38. The summed E-state index contributed by atoms with van der Waals surface area (Å²) >= 11 is 17.4. The quantitative estimate of drug-likeness (QED) is 0.648. The summed E-state index contributed by atoms with van der Waals surface area (Å²) < 4.78 is 0.873. The van der Waals surface area contributed by atoms with E-state index in [4.69, 9.17) is 23.2 Å². The van der Waals surface area contributed by atoms with Gasteiger partial charge in [0, 0.05) is 15.9 Å². The second-order valence-electron chi connectivity index (χ2n) is 3.95. The Bertz CT molecular complexity index is 549. The van der Waals surface area contributed by atoms with Gasteiger partial charge in [-0.1, -0.05) is 51.3 Å². The molecule has 1 N–H and O–H groups in total. The summed E-state index contributed by atoms with van der Waals surface area (Å²) in [6, 6.07) is 12.1. The largest absolute Gasteiger partial charge is 0.379 e.